The fourth-order valence-corrected chi connectivity index (χ4v) is 1.60. The summed E-state index contributed by atoms with van der Waals surface area (Å²) >= 11 is 0. The van der Waals surface area contributed by atoms with Crippen molar-refractivity contribution in [2.75, 3.05) is 17.7 Å². The molecule has 2 rings (SSSR count). The fourth-order valence-electron chi connectivity index (χ4n) is 1.60. The zero-order valence-corrected chi connectivity index (χ0v) is 10.9. The van der Waals surface area contributed by atoms with Gasteiger partial charge in [-0.2, -0.15) is 15.0 Å². The number of nitrogens with zero attached hydrogens (tertiary/aromatic N) is 3. The van der Waals surface area contributed by atoms with Crippen molar-refractivity contribution in [3.8, 4) is 0 Å². The zero-order valence-electron chi connectivity index (χ0n) is 10.9. The normalized spacial score (nSPS) is 10.2. The van der Waals surface area contributed by atoms with E-state index in [9.17, 15) is 0 Å². The quantitative estimate of drug-likeness (QED) is 0.864. The number of hydrogen-bond donors (Lipinski definition) is 2. The number of aromatic nitrogens is 3. The largest absolute Gasteiger partial charge is 0.357 e. The van der Waals surface area contributed by atoms with Gasteiger partial charge < -0.3 is 10.6 Å². The summed E-state index contributed by atoms with van der Waals surface area (Å²) in [5.74, 6) is 1.80. The lowest BCUT2D eigenvalue weighted by Crippen LogP contribution is -2.05. The Balaban J connectivity index is 2.19. The molecule has 0 fully saturated rings. The van der Waals surface area contributed by atoms with E-state index in [1.807, 2.05) is 19.1 Å². The number of aryl methyl sites for hydroxylation is 2. The van der Waals surface area contributed by atoms with Crippen LogP contribution in [0.2, 0.25) is 0 Å². The van der Waals surface area contributed by atoms with Gasteiger partial charge in [0.25, 0.3) is 0 Å². The van der Waals surface area contributed by atoms with Crippen LogP contribution in [-0.4, -0.2) is 22.0 Å². The van der Waals surface area contributed by atoms with Gasteiger partial charge in [0.1, 0.15) is 5.82 Å². The second-order valence-corrected chi connectivity index (χ2v) is 3.96. The molecule has 2 N–H and O–H groups in total. The Bertz CT molecular complexity index is 521. The molecule has 0 amide bonds. The summed E-state index contributed by atoms with van der Waals surface area (Å²) in [4.78, 5) is 12.6. The monoisotopic (exact) mass is 243 g/mol. The van der Waals surface area contributed by atoms with E-state index in [1.54, 1.807) is 7.05 Å². The molecule has 5 nitrogen and oxygen atoms in total. The van der Waals surface area contributed by atoms with Crippen LogP contribution < -0.4 is 10.6 Å². The van der Waals surface area contributed by atoms with Crippen LogP contribution in [0.15, 0.2) is 24.3 Å². The Morgan fingerprint density at radius 1 is 1.00 bits per heavy atom. The lowest BCUT2D eigenvalue weighted by molar-refractivity contribution is 0.984. The molecule has 5 heteroatoms. The topological polar surface area (TPSA) is 62.7 Å². The van der Waals surface area contributed by atoms with Crippen molar-refractivity contribution in [1.82, 2.24) is 15.0 Å². The first-order chi connectivity index (χ1) is 8.71. The molecule has 0 unspecified atom stereocenters. The second-order valence-electron chi connectivity index (χ2n) is 3.96. The molecule has 0 aliphatic rings. The molecule has 1 heterocycles. The van der Waals surface area contributed by atoms with Crippen molar-refractivity contribution < 1.29 is 0 Å². The third-order valence-electron chi connectivity index (χ3n) is 2.59. The van der Waals surface area contributed by atoms with E-state index in [-0.39, 0.29) is 0 Å². The van der Waals surface area contributed by atoms with Crippen LogP contribution in [0.4, 0.5) is 17.6 Å². The Hall–Kier alpha value is -2.17. The summed E-state index contributed by atoms with van der Waals surface area (Å²) in [5, 5.41) is 6.08. The SMILES string of the molecule is CCc1ccc(Nc2nc(C)nc(NC)n2)cc1. The highest BCUT2D eigenvalue weighted by molar-refractivity contribution is 5.54. The molecule has 0 bridgehead atoms. The summed E-state index contributed by atoms with van der Waals surface area (Å²) in [6, 6.07) is 8.23. The minimum absolute atomic E-state index is 0.552. The Kier molecular flexibility index (Phi) is 3.72. The predicted molar refractivity (Wildman–Crippen MR) is 73.2 cm³/mol. The van der Waals surface area contributed by atoms with E-state index in [1.165, 1.54) is 5.56 Å². The first kappa shape index (κ1) is 12.3. The first-order valence-electron chi connectivity index (χ1n) is 5.97. The molecule has 94 valence electrons. The van der Waals surface area contributed by atoms with Crippen molar-refractivity contribution in [2.45, 2.75) is 20.3 Å². The van der Waals surface area contributed by atoms with Gasteiger partial charge in [-0.25, -0.2) is 0 Å². The van der Waals surface area contributed by atoms with Gasteiger partial charge >= 0.3 is 0 Å². The maximum Gasteiger partial charge on any atom is 0.232 e. The summed E-state index contributed by atoms with van der Waals surface area (Å²) < 4.78 is 0. The molecule has 0 saturated heterocycles. The highest BCUT2D eigenvalue weighted by atomic mass is 15.2. The van der Waals surface area contributed by atoms with E-state index >= 15 is 0 Å². The van der Waals surface area contributed by atoms with E-state index in [4.69, 9.17) is 0 Å². The number of hydrogen-bond acceptors (Lipinski definition) is 5. The number of nitrogens with one attached hydrogen (secondary N) is 2. The van der Waals surface area contributed by atoms with E-state index in [0.717, 1.165) is 12.1 Å². The maximum atomic E-state index is 4.25. The molecule has 0 atom stereocenters. The standard InChI is InChI=1S/C13H17N5/c1-4-10-5-7-11(8-6-10)17-13-16-9(2)15-12(14-3)18-13/h5-8H,4H2,1-3H3,(H2,14,15,16,17,18). The highest BCUT2D eigenvalue weighted by Gasteiger charge is 2.02. The average molecular weight is 243 g/mol. The highest BCUT2D eigenvalue weighted by Crippen LogP contribution is 2.15. The Labute approximate surface area is 107 Å². The van der Waals surface area contributed by atoms with Crippen molar-refractivity contribution >= 4 is 17.6 Å². The summed E-state index contributed by atoms with van der Waals surface area (Å²) in [6.07, 6.45) is 1.04. The molecular weight excluding hydrogens is 226 g/mol. The van der Waals surface area contributed by atoms with Gasteiger partial charge in [-0.15, -0.1) is 0 Å². The van der Waals surface area contributed by atoms with Gasteiger partial charge in [-0.05, 0) is 31.0 Å². The smallest absolute Gasteiger partial charge is 0.232 e. The van der Waals surface area contributed by atoms with Crippen LogP contribution in [0.3, 0.4) is 0 Å². The molecule has 1 aromatic heterocycles. The maximum absolute atomic E-state index is 4.25. The molecule has 1 aromatic carbocycles. The zero-order chi connectivity index (χ0) is 13.0. The van der Waals surface area contributed by atoms with Gasteiger partial charge in [-0.3, -0.25) is 0 Å². The summed E-state index contributed by atoms with van der Waals surface area (Å²) in [7, 11) is 1.79. The molecule has 18 heavy (non-hydrogen) atoms. The number of rotatable bonds is 4. The molecule has 0 radical (unpaired) electrons. The van der Waals surface area contributed by atoms with Crippen molar-refractivity contribution in [3.05, 3.63) is 35.7 Å². The number of benzene rings is 1. The minimum atomic E-state index is 0.552. The van der Waals surface area contributed by atoms with E-state index in [2.05, 4.69) is 44.6 Å². The lowest BCUT2D eigenvalue weighted by atomic mass is 10.1. The summed E-state index contributed by atoms with van der Waals surface area (Å²) in [6.45, 7) is 3.98. The van der Waals surface area contributed by atoms with E-state index in [0.29, 0.717) is 17.7 Å². The van der Waals surface area contributed by atoms with Crippen molar-refractivity contribution in [1.29, 1.82) is 0 Å². The summed E-state index contributed by atoms with van der Waals surface area (Å²) in [5.41, 5.74) is 2.28. The van der Waals surface area contributed by atoms with Crippen molar-refractivity contribution in [2.24, 2.45) is 0 Å². The molecule has 2 aromatic rings. The van der Waals surface area contributed by atoms with Crippen LogP contribution in [0.25, 0.3) is 0 Å². The Morgan fingerprint density at radius 2 is 1.67 bits per heavy atom. The second kappa shape index (κ2) is 5.44. The van der Waals surface area contributed by atoms with Crippen LogP contribution in [-0.2, 0) is 6.42 Å². The Morgan fingerprint density at radius 3 is 2.28 bits per heavy atom. The molecule has 0 aliphatic carbocycles. The third-order valence-corrected chi connectivity index (χ3v) is 2.59. The van der Waals surface area contributed by atoms with E-state index < -0.39 is 0 Å². The van der Waals surface area contributed by atoms with Gasteiger partial charge in [0, 0.05) is 12.7 Å². The van der Waals surface area contributed by atoms with Gasteiger partial charge in [0.2, 0.25) is 11.9 Å². The fraction of sp³-hybridized carbons (Fsp3) is 0.308. The van der Waals surface area contributed by atoms with Crippen LogP contribution in [0, 0.1) is 6.92 Å². The molecule has 0 aliphatic heterocycles. The average Bonchev–Trinajstić information content (AvgIpc) is 2.39. The molecule has 0 spiro atoms. The molecular formula is C13H17N5. The van der Waals surface area contributed by atoms with Crippen LogP contribution in [0.5, 0.6) is 0 Å². The van der Waals surface area contributed by atoms with Gasteiger partial charge in [0.05, 0.1) is 0 Å². The minimum Gasteiger partial charge on any atom is -0.357 e. The lowest BCUT2D eigenvalue weighted by Gasteiger charge is -2.07. The predicted octanol–water partition coefficient (Wildman–Crippen LogP) is 2.53. The van der Waals surface area contributed by atoms with Gasteiger partial charge in [0.15, 0.2) is 0 Å². The third kappa shape index (κ3) is 2.94. The van der Waals surface area contributed by atoms with Crippen molar-refractivity contribution in [3.63, 3.8) is 0 Å². The number of anilines is 3. The molecule has 0 saturated carbocycles. The van der Waals surface area contributed by atoms with Gasteiger partial charge in [-0.1, -0.05) is 19.1 Å². The first-order valence-corrected chi connectivity index (χ1v) is 5.97. The van der Waals surface area contributed by atoms with Crippen LogP contribution >= 0.6 is 0 Å². The van der Waals surface area contributed by atoms with Crippen LogP contribution in [0.1, 0.15) is 18.3 Å².